The third-order valence-electron chi connectivity index (χ3n) is 5.22. The Morgan fingerprint density at radius 2 is 1.94 bits per heavy atom. The number of nitrogens with zero attached hydrogens (tertiary/aromatic N) is 2. The van der Waals surface area contributed by atoms with Gasteiger partial charge < -0.3 is 19.3 Å². The first-order valence-electron chi connectivity index (χ1n) is 10.5. The zero-order valence-electron chi connectivity index (χ0n) is 18.8. The Morgan fingerprint density at radius 1 is 1.21 bits per heavy atom. The molecule has 1 unspecified atom stereocenters. The van der Waals surface area contributed by atoms with Crippen LogP contribution in [0.25, 0.3) is 0 Å². The van der Waals surface area contributed by atoms with E-state index in [4.69, 9.17) is 14.0 Å². The van der Waals surface area contributed by atoms with Crippen molar-refractivity contribution >= 4 is 33.4 Å². The fourth-order valence-electron chi connectivity index (χ4n) is 3.64. The van der Waals surface area contributed by atoms with Crippen LogP contribution in [0.3, 0.4) is 0 Å². The highest BCUT2D eigenvalue weighted by molar-refractivity contribution is 7.89. The molecule has 2 amide bonds. The average molecular weight is 481 g/mol. The zero-order chi connectivity index (χ0) is 24.0. The first-order chi connectivity index (χ1) is 15.7. The van der Waals surface area contributed by atoms with Gasteiger partial charge in [-0.25, -0.2) is 13.2 Å². The van der Waals surface area contributed by atoms with Gasteiger partial charge in [0.05, 0.1) is 12.5 Å². The summed E-state index contributed by atoms with van der Waals surface area (Å²) in [6, 6.07) is 6.61. The molecule has 0 bridgehead atoms. The molecule has 0 aliphatic carbocycles. The van der Waals surface area contributed by atoms with Gasteiger partial charge in [0.2, 0.25) is 15.9 Å². The number of piperidine rings is 1. The molecule has 2 N–H and O–H groups in total. The molecule has 1 fully saturated rings. The summed E-state index contributed by atoms with van der Waals surface area (Å²) in [6.45, 7) is 3.91. The molecule has 3 rings (SSSR count). The van der Waals surface area contributed by atoms with E-state index in [1.54, 1.807) is 38.1 Å². The molecule has 33 heavy (non-hydrogen) atoms. The Kier molecular flexibility index (Phi) is 8.06. The maximum Gasteiger partial charge on any atom is 0.411 e. The van der Waals surface area contributed by atoms with Crippen LogP contribution in [0.1, 0.15) is 24.3 Å². The highest BCUT2D eigenvalue weighted by atomic mass is 32.2. The van der Waals surface area contributed by atoms with Crippen LogP contribution >= 0.6 is 0 Å². The van der Waals surface area contributed by atoms with E-state index in [1.807, 2.05) is 0 Å². The van der Waals surface area contributed by atoms with Gasteiger partial charge in [-0.1, -0.05) is 11.2 Å². The van der Waals surface area contributed by atoms with Crippen LogP contribution in [0.15, 0.2) is 33.7 Å². The number of methoxy groups -OCH3 is 1. The Morgan fingerprint density at radius 3 is 2.61 bits per heavy atom. The van der Waals surface area contributed by atoms with E-state index in [9.17, 15) is 18.0 Å². The smallest absolute Gasteiger partial charge is 0.411 e. The Labute approximate surface area is 192 Å². The number of aromatic nitrogens is 1. The first-order valence-corrected chi connectivity index (χ1v) is 11.9. The normalized spacial score (nSPS) is 16.9. The number of aryl methyl sites for hydroxylation is 2. The summed E-state index contributed by atoms with van der Waals surface area (Å²) in [5.74, 6) is -0.595. The van der Waals surface area contributed by atoms with E-state index in [2.05, 4.69) is 15.8 Å². The lowest BCUT2D eigenvalue weighted by Crippen LogP contribution is -2.43. The van der Waals surface area contributed by atoms with Crippen LogP contribution < -0.4 is 10.6 Å². The lowest BCUT2D eigenvalue weighted by molar-refractivity contribution is -0.120. The van der Waals surface area contributed by atoms with Crippen molar-refractivity contribution in [2.75, 3.05) is 44.0 Å². The molecule has 1 atom stereocenters. The molecule has 2 aromatic rings. The van der Waals surface area contributed by atoms with E-state index in [0.29, 0.717) is 36.5 Å². The molecule has 1 aromatic carbocycles. The summed E-state index contributed by atoms with van der Waals surface area (Å²) in [7, 11) is -2.32. The molecule has 180 valence electrons. The number of nitrogens with one attached hydrogen (secondary N) is 2. The summed E-state index contributed by atoms with van der Waals surface area (Å²) in [4.78, 5) is 24.7. The summed E-state index contributed by atoms with van der Waals surface area (Å²) in [5.41, 5.74) is 1.21. The third kappa shape index (κ3) is 6.09. The topological polar surface area (TPSA) is 140 Å². The molecular formula is C21H28N4O7S. The SMILES string of the molecule is COCCOC(=O)Nc1cccc(NC(=O)C2CCCN(S(=O)(=O)c3c(C)noc3C)C2)c1. The summed E-state index contributed by atoms with van der Waals surface area (Å²) in [5, 5.41) is 9.11. The highest BCUT2D eigenvalue weighted by Crippen LogP contribution is 2.28. The zero-order valence-corrected chi connectivity index (χ0v) is 19.6. The second-order valence-corrected chi connectivity index (χ2v) is 9.55. The molecule has 1 saturated heterocycles. The maximum atomic E-state index is 13.1. The van der Waals surface area contributed by atoms with E-state index in [-0.39, 0.29) is 36.3 Å². The average Bonchev–Trinajstić information content (AvgIpc) is 3.13. The number of hydrogen-bond donors (Lipinski definition) is 2. The minimum Gasteiger partial charge on any atom is -0.447 e. The number of carbonyl (C=O) groups excluding carboxylic acids is 2. The summed E-state index contributed by atoms with van der Waals surface area (Å²) in [6.07, 6.45) is 0.474. The molecule has 2 heterocycles. The van der Waals surface area contributed by atoms with Crippen molar-refractivity contribution in [3.63, 3.8) is 0 Å². The van der Waals surface area contributed by atoms with Crippen LogP contribution in [-0.4, -0.2) is 63.3 Å². The van der Waals surface area contributed by atoms with Crippen molar-refractivity contribution in [1.29, 1.82) is 0 Å². The number of hydrogen-bond acceptors (Lipinski definition) is 8. The highest BCUT2D eigenvalue weighted by Gasteiger charge is 2.36. The van der Waals surface area contributed by atoms with Gasteiger partial charge in [-0.2, -0.15) is 4.31 Å². The molecular weight excluding hydrogens is 452 g/mol. The van der Waals surface area contributed by atoms with Crippen LogP contribution in [0.4, 0.5) is 16.2 Å². The molecule has 11 nitrogen and oxygen atoms in total. The van der Waals surface area contributed by atoms with Crippen LogP contribution in [0, 0.1) is 19.8 Å². The van der Waals surface area contributed by atoms with Crippen molar-refractivity contribution in [2.45, 2.75) is 31.6 Å². The first kappa shape index (κ1) is 24.7. The van der Waals surface area contributed by atoms with Crippen molar-refractivity contribution in [1.82, 2.24) is 9.46 Å². The fourth-order valence-corrected chi connectivity index (χ4v) is 5.45. The van der Waals surface area contributed by atoms with Crippen molar-refractivity contribution in [3.05, 3.63) is 35.7 Å². The lowest BCUT2D eigenvalue weighted by atomic mass is 9.98. The minimum atomic E-state index is -3.82. The monoisotopic (exact) mass is 480 g/mol. The van der Waals surface area contributed by atoms with Crippen molar-refractivity contribution < 1.29 is 32.0 Å². The number of benzene rings is 1. The Hall–Kier alpha value is -2.96. The fraction of sp³-hybridized carbons (Fsp3) is 0.476. The largest absolute Gasteiger partial charge is 0.447 e. The van der Waals surface area contributed by atoms with E-state index in [0.717, 1.165) is 0 Å². The second-order valence-electron chi connectivity index (χ2n) is 7.68. The molecule has 0 radical (unpaired) electrons. The van der Waals surface area contributed by atoms with Gasteiger partial charge in [-0.05, 0) is 44.9 Å². The van der Waals surface area contributed by atoms with Gasteiger partial charge in [0.15, 0.2) is 5.76 Å². The Bertz CT molecular complexity index is 1080. The summed E-state index contributed by atoms with van der Waals surface area (Å²) >= 11 is 0. The van der Waals surface area contributed by atoms with E-state index in [1.165, 1.54) is 11.4 Å². The molecule has 0 saturated carbocycles. The van der Waals surface area contributed by atoms with Gasteiger partial charge in [-0.3, -0.25) is 10.1 Å². The van der Waals surface area contributed by atoms with Gasteiger partial charge in [-0.15, -0.1) is 0 Å². The third-order valence-corrected chi connectivity index (χ3v) is 7.33. The van der Waals surface area contributed by atoms with Crippen LogP contribution in [-0.2, 0) is 24.3 Å². The lowest BCUT2D eigenvalue weighted by Gasteiger charge is -2.31. The number of sulfonamides is 1. The number of rotatable bonds is 8. The Balaban J connectivity index is 1.63. The van der Waals surface area contributed by atoms with Gasteiger partial charge >= 0.3 is 6.09 Å². The molecule has 1 aliphatic rings. The standard InChI is InChI=1S/C21H28N4O7S/c1-14-19(15(2)32-24-14)33(28,29)25-9-5-6-16(13-25)20(26)22-17-7-4-8-18(12-17)23-21(27)31-11-10-30-3/h4,7-8,12,16H,5-6,9-11,13H2,1-3H3,(H,22,26)(H,23,27). The van der Waals surface area contributed by atoms with E-state index < -0.39 is 22.0 Å². The minimum absolute atomic E-state index is 0.0553. The molecule has 1 aliphatic heterocycles. The number of anilines is 2. The summed E-state index contributed by atoms with van der Waals surface area (Å²) < 4.78 is 42.3. The van der Waals surface area contributed by atoms with Crippen LogP contribution in [0.5, 0.6) is 0 Å². The number of carbonyl (C=O) groups is 2. The van der Waals surface area contributed by atoms with Gasteiger partial charge in [0.25, 0.3) is 0 Å². The quantitative estimate of drug-likeness (QED) is 0.549. The van der Waals surface area contributed by atoms with E-state index >= 15 is 0 Å². The van der Waals surface area contributed by atoms with Crippen molar-refractivity contribution in [2.24, 2.45) is 5.92 Å². The maximum absolute atomic E-state index is 13.1. The van der Waals surface area contributed by atoms with Crippen LogP contribution in [0.2, 0.25) is 0 Å². The van der Waals surface area contributed by atoms with Crippen molar-refractivity contribution in [3.8, 4) is 0 Å². The molecule has 0 spiro atoms. The number of ether oxygens (including phenoxy) is 2. The predicted molar refractivity (Wildman–Crippen MR) is 119 cm³/mol. The van der Waals surface area contributed by atoms with Gasteiger partial charge in [0.1, 0.15) is 17.2 Å². The second kappa shape index (κ2) is 10.8. The molecule has 1 aromatic heterocycles. The molecule has 12 heteroatoms. The van der Waals surface area contributed by atoms with Gasteiger partial charge in [0, 0.05) is 31.6 Å². The predicted octanol–water partition coefficient (Wildman–Crippen LogP) is 2.53. The number of amides is 2.